The lowest BCUT2D eigenvalue weighted by molar-refractivity contribution is -0.140. The van der Waals surface area contributed by atoms with E-state index in [-0.39, 0.29) is 69.2 Å². The number of nitrogens with one attached hydrogen (secondary N) is 4. The van der Waals surface area contributed by atoms with Gasteiger partial charge in [0.1, 0.15) is 6.04 Å². The highest BCUT2D eigenvalue weighted by molar-refractivity contribution is 9.10. The highest BCUT2D eigenvalue weighted by atomic mass is 79.9. The van der Waals surface area contributed by atoms with Gasteiger partial charge < -0.3 is 59.3 Å². The van der Waals surface area contributed by atoms with Crippen LogP contribution in [0.15, 0.2) is 53.0 Å². The molecule has 2 fully saturated rings. The second-order valence-electron chi connectivity index (χ2n) is 20.2. The molecule has 1 aliphatic carbocycles. The van der Waals surface area contributed by atoms with Crippen LogP contribution in [-0.2, 0) is 51.3 Å². The van der Waals surface area contributed by atoms with Crippen LogP contribution < -0.4 is 44.2 Å². The second-order valence-corrected chi connectivity index (χ2v) is 21.5. The molecule has 2 aromatic rings. The highest BCUT2D eigenvalue weighted by Crippen LogP contribution is 2.31. The molecule has 1 unspecified atom stereocenters. The largest absolute Gasteiger partial charge is 0.481 e. The SMILES string of the molecule is CC(=O)[C@@H](CCC(=O)O)NC(=O)N[C@H](CCCCN(Cc1ccc(Br)cc1)C(=O)C1CCC(CNC(=S)Nc2ccc(CC3CN(CC(N)=O)CCN(CC(N)=O)CCN(CC(N)=O)CCN3CC(N)=O)cc2)CC1)C(=O)O. The number of rotatable bonds is 28. The number of nitrogens with two attached hydrogens (primary N) is 4. The minimum absolute atomic E-state index is 0.0176. The van der Waals surface area contributed by atoms with Crippen molar-refractivity contribution < 1.29 is 53.4 Å². The molecule has 0 spiro atoms. The molecule has 4 rings (SSSR count). The molecule has 2 aromatic carbocycles. The van der Waals surface area contributed by atoms with Crippen molar-refractivity contribution in [1.82, 2.24) is 40.4 Å². The van der Waals surface area contributed by atoms with Gasteiger partial charge in [0.2, 0.25) is 29.5 Å². The van der Waals surface area contributed by atoms with Crippen LogP contribution in [-0.4, -0.2) is 196 Å². The Morgan fingerprint density at radius 3 is 1.78 bits per heavy atom. The van der Waals surface area contributed by atoms with Gasteiger partial charge in [-0.15, -0.1) is 0 Å². The van der Waals surface area contributed by atoms with Gasteiger partial charge in [0.05, 0.1) is 32.2 Å². The molecule has 2 aliphatic rings. The van der Waals surface area contributed by atoms with Gasteiger partial charge in [-0.25, -0.2) is 9.59 Å². The predicted molar refractivity (Wildman–Crippen MR) is 299 cm³/mol. The first kappa shape index (κ1) is 64.2. The van der Waals surface area contributed by atoms with Crippen LogP contribution in [0.4, 0.5) is 10.5 Å². The number of halogens is 1. The third-order valence-electron chi connectivity index (χ3n) is 13.9. The predicted octanol–water partition coefficient (Wildman–Crippen LogP) is 0.390. The standard InChI is InChI=1S/C52H78BrN13O11S/c1-34(67)42(17-18-48(72)73)60-51(77)61-43(50(75)76)4-2-3-19-66(28-37-7-13-39(53)14-8-37)49(74)38-11-5-36(6-12-38)27-58-52(78)59-40-15-9-35(10-16-40)26-41-29-64(32-46(56)70)23-22-62(30-44(54)68)20-21-63(31-45(55)69)24-25-65(41)33-47(57)71/h7-10,13-16,36,38,41-43H,2-6,11-12,17-33H2,1H3,(H2,54,68)(H2,55,69)(H2,56,70)(H2,57,71)(H,72,73)(H,75,76)(H2,58,59,78)(H2,60,61,77)/t36?,38?,41?,42-,43-/m1/s1. The summed E-state index contributed by atoms with van der Waals surface area (Å²) >= 11 is 9.16. The van der Waals surface area contributed by atoms with Crippen molar-refractivity contribution in [1.29, 1.82) is 0 Å². The first-order valence-electron chi connectivity index (χ1n) is 26.3. The quantitative estimate of drug-likeness (QED) is 0.0407. The van der Waals surface area contributed by atoms with Crippen molar-refractivity contribution in [3.63, 3.8) is 0 Å². The number of ketones is 1. The second kappa shape index (κ2) is 33.2. The van der Waals surface area contributed by atoms with E-state index in [0.717, 1.165) is 34.1 Å². The molecule has 26 heteroatoms. The van der Waals surface area contributed by atoms with E-state index >= 15 is 0 Å². The Morgan fingerprint density at radius 1 is 0.692 bits per heavy atom. The molecule has 0 aromatic heterocycles. The molecular formula is C52H78BrN13O11S. The third kappa shape index (κ3) is 24.6. The summed E-state index contributed by atoms with van der Waals surface area (Å²) in [7, 11) is 0. The Hall–Kier alpha value is -6.32. The lowest BCUT2D eigenvalue weighted by atomic mass is 9.81. The molecule has 1 heterocycles. The number of anilines is 1. The minimum atomic E-state index is -1.28. The number of thiocarbonyl (C=S) groups is 1. The summed E-state index contributed by atoms with van der Waals surface area (Å²) in [5.74, 6) is -4.90. The highest BCUT2D eigenvalue weighted by Gasteiger charge is 2.31. The Morgan fingerprint density at radius 2 is 1.23 bits per heavy atom. The van der Waals surface area contributed by atoms with Crippen molar-refractivity contribution >= 4 is 92.2 Å². The summed E-state index contributed by atoms with van der Waals surface area (Å²) in [5.41, 5.74) is 25.2. The number of hydrogen-bond acceptors (Lipinski definition) is 14. The summed E-state index contributed by atoms with van der Waals surface area (Å²) in [6.07, 6.45) is 3.80. The molecule has 7 amide bonds. The van der Waals surface area contributed by atoms with E-state index in [1.807, 2.05) is 73.0 Å². The summed E-state index contributed by atoms with van der Waals surface area (Å²) in [5, 5.41) is 30.6. The average molecular weight is 1170 g/mol. The topological polar surface area (TPSA) is 362 Å². The fourth-order valence-electron chi connectivity index (χ4n) is 9.74. The molecule has 3 atom stereocenters. The van der Waals surface area contributed by atoms with E-state index in [2.05, 4.69) is 37.2 Å². The number of carboxylic acid groups (broad SMARTS) is 2. The number of urea groups is 1. The van der Waals surface area contributed by atoms with Crippen LogP contribution >= 0.6 is 28.1 Å². The molecule has 430 valence electrons. The normalized spacial score (nSPS) is 18.9. The monoisotopic (exact) mass is 1170 g/mol. The van der Waals surface area contributed by atoms with Crippen molar-refractivity contribution in [2.75, 3.05) is 90.4 Å². The van der Waals surface area contributed by atoms with Crippen LogP contribution in [0.1, 0.15) is 75.8 Å². The van der Waals surface area contributed by atoms with E-state index in [9.17, 15) is 48.3 Å². The van der Waals surface area contributed by atoms with Crippen LogP contribution in [0, 0.1) is 11.8 Å². The Kier molecular flexibility index (Phi) is 27.3. The smallest absolute Gasteiger partial charge is 0.326 e. The zero-order valence-electron chi connectivity index (χ0n) is 44.4. The third-order valence-corrected chi connectivity index (χ3v) is 14.7. The van der Waals surface area contributed by atoms with Crippen LogP contribution in [0.5, 0.6) is 0 Å². The van der Waals surface area contributed by atoms with Gasteiger partial charge in [0.15, 0.2) is 10.9 Å². The number of aliphatic carboxylic acids is 2. The molecule has 1 aliphatic heterocycles. The van der Waals surface area contributed by atoms with E-state index in [0.29, 0.717) is 103 Å². The van der Waals surface area contributed by atoms with Gasteiger partial charge in [0.25, 0.3) is 0 Å². The zero-order valence-corrected chi connectivity index (χ0v) is 46.8. The summed E-state index contributed by atoms with van der Waals surface area (Å²) in [4.78, 5) is 120. The molecule has 0 radical (unpaired) electrons. The number of carboxylic acids is 2. The number of hydrogen-bond donors (Lipinski definition) is 10. The average Bonchev–Trinajstić information content (AvgIpc) is 3.37. The van der Waals surface area contributed by atoms with Gasteiger partial charge in [-0.05, 0) is 118 Å². The molecule has 1 saturated heterocycles. The number of benzene rings is 2. The summed E-state index contributed by atoms with van der Waals surface area (Å²) < 4.78 is 0.898. The van der Waals surface area contributed by atoms with E-state index in [4.69, 9.17) is 40.3 Å². The number of amides is 7. The maximum Gasteiger partial charge on any atom is 0.326 e. The Bertz CT molecular complexity index is 2360. The van der Waals surface area contributed by atoms with Crippen LogP contribution in [0.3, 0.4) is 0 Å². The summed E-state index contributed by atoms with van der Waals surface area (Å²) in [6, 6.07) is 11.8. The number of Topliss-reactive ketones (excluding diaryl/α,β-unsaturated/α-hetero) is 1. The van der Waals surface area contributed by atoms with E-state index in [1.54, 1.807) is 0 Å². The summed E-state index contributed by atoms with van der Waals surface area (Å²) in [6.45, 7) is 4.95. The number of carbonyl (C=O) groups is 9. The molecule has 78 heavy (non-hydrogen) atoms. The zero-order chi connectivity index (χ0) is 57.3. The van der Waals surface area contributed by atoms with E-state index in [1.165, 1.54) is 6.92 Å². The van der Waals surface area contributed by atoms with E-state index < -0.39 is 59.5 Å². The fraction of sp³-hybridized carbons (Fsp3) is 0.577. The fourth-order valence-corrected chi connectivity index (χ4v) is 10.2. The lowest BCUT2D eigenvalue weighted by Gasteiger charge is -2.38. The first-order valence-corrected chi connectivity index (χ1v) is 27.5. The number of carbonyl (C=O) groups excluding carboxylic acids is 7. The molecule has 0 bridgehead atoms. The number of unbranched alkanes of at least 4 members (excludes halogenated alkanes) is 1. The van der Waals surface area contributed by atoms with Gasteiger partial charge in [-0.3, -0.25) is 53.2 Å². The van der Waals surface area contributed by atoms with Crippen molar-refractivity contribution in [3.8, 4) is 0 Å². The Balaban J connectivity index is 1.33. The van der Waals surface area contributed by atoms with Crippen LogP contribution in [0.25, 0.3) is 0 Å². The molecule has 1 saturated carbocycles. The lowest BCUT2D eigenvalue weighted by Crippen LogP contribution is -2.54. The van der Waals surface area contributed by atoms with Gasteiger partial charge in [-0.2, -0.15) is 0 Å². The minimum Gasteiger partial charge on any atom is -0.481 e. The maximum atomic E-state index is 14.2. The van der Waals surface area contributed by atoms with Gasteiger partial charge in [-0.1, -0.05) is 40.2 Å². The first-order chi connectivity index (χ1) is 37.0. The van der Waals surface area contributed by atoms with Gasteiger partial charge >= 0.3 is 18.0 Å². The molecule has 14 N–H and O–H groups in total. The van der Waals surface area contributed by atoms with Crippen molar-refractivity contribution in [3.05, 3.63) is 64.1 Å². The number of nitrogens with zero attached hydrogens (tertiary/aromatic N) is 5. The Labute approximate surface area is 469 Å². The van der Waals surface area contributed by atoms with Crippen molar-refractivity contribution in [2.24, 2.45) is 34.8 Å². The van der Waals surface area contributed by atoms with Crippen molar-refractivity contribution in [2.45, 2.75) is 95.8 Å². The van der Waals surface area contributed by atoms with Crippen LogP contribution in [0.2, 0.25) is 0 Å². The number of primary amides is 4. The maximum absolute atomic E-state index is 14.2. The van der Waals surface area contributed by atoms with Gasteiger partial charge in [0, 0.05) is 94.0 Å². The molecular weight excluding hydrogens is 1090 g/mol. The molecule has 24 nitrogen and oxygen atoms in total.